The topological polar surface area (TPSA) is 63.5 Å². The Labute approximate surface area is 107 Å². The van der Waals surface area contributed by atoms with Gasteiger partial charge in [0.2, 0.25) is 0 Å². The van der Waals surface area contributed by atoms with Crippen LogP contribution in [0.1, 0.15) is 37.2 Å². The summed E-state index contributed by atoms with van der Waals surface area (Å²) in [7, 11) is 1.72. The molecule has 0 saturated carbocycles. The lowest BCUT2D eigenvalue weighted by Crippen LogP contribution is -2.37. The Morgan fingerprint density at radius 2 is 2.28 bits per heavy atom. The van der Waals surface area contributed by atoms with Crippen molar-refractivity contribution in [1.82, 2.24) is 4.57 Å². The van der Waals surface area contributed by atoms with Crippen molar-refractivity contribution in [3.8, 4) is 5.75 Å². The zero-order valence-electron chi connectivity index (χ0n) is 11.1. The lowest BCUT2D eigenvalue weighted by Gasteiger charge is -2.31. The standard InChI is InChI=1S/C13H20N2O3/c1-4-8(5-2)10-6-14-9-7-15(3)11(13(16)17)12(9)18-10/h7-8,10,14H,4-6H2,1-3H3,(H,16,17). The molecule has 1 aromatic rings. The fraction of sp³-hybridized carbons (Fsp3) is 0.615. The van der Waals surface area contributed by atoms with E-state index in [0.29, 0.717) is 11.7 Å². The summed E-state index contributed by atoms with van der Waals surface area (Å²) in [5.41, 5.74) is 0.991. The molecule has 0 bridgehead atoms. The molecule has 0 radical (unpaired) electrons. The van der Waals surface area contributed by atoms with E-state index in [0.717, 1.165) is 25.1 Å². The average molecular weight is 252 g/mol. The first-order valence-electron chi connectivity index (χ1n) is 6.41. The van der Waals surface area contributed by atoms with Gasteiger partial charge in [0.1, 0.15) is 6.10 Å². The Morgan fingerprint density at radius 3 is 2.83 bits per heavy atom. The molecule has 100 valence electrons. The van der Waals surface area contributed by atoms with Gasteiger partial charge in [-0.3, -0.25) is 0 Å². The summed E-state index contributed by atoms with van der Waals surface area (Å²) in [6.45, 7) is 5.01. The number of carboxylic acid groups (broad SMARTS) is 1. The van der Waals surface area contributed by atoms with Crippen LogP contribution in [0, 0.1) is 5.92 Å². The van der Waals surface area contributed by atoms with Gasteiger partial charge >= 0.3 is 5.97 Å². The van der Waals surface area contributed by atoms with Crippen LogP contribution >= 0.6 is 0 Å². The van der Waals surface area contributed by atoms with E-state index >= 15 is 0 Å². The maximum atomic E-state index is 11.2. The number of aryl methyl sites for hydroxylation is 1. The third-order valence-electron chi connectivity index (χ3n) is 3.68. The first kappa shape index (κ1) is 12.8. The molecule has 1 aliphatic rings. The molecule has 0 spiro atoms. The molecule has 2 N–H and O–H groups in total. The Morgan fingerprint density at radius 1 is 1.61 bits per heavy atom. The zero-order chi connectivity index (χ0) is 13.3. The number of anilines is 1. The summed E-state index contributed by atoms with van der Waals surface area (Å²) >= 11 is 0. The number of hydrogen-bond acceptors (Lipinski definition) is 3. The highest BCUT2D eigenvalue weighted by atomic mass is 16.5. The van der Waals surface area contributed by atoms with Gasteiger partial charge in [0.05, 0.1) is 12.2 Å². The molecule has 2 heterocycles. The number of nitrogens with one attached hydrogen (secondary N) is 1. The molecule has 1 aromatic heterocycles. The lowest BCUT2D eigenvalue weighted by molar-refractivity contribution is 0.0671. The van der Waals surface area contributed by atoms with Crippen molar-refractivity contribution >= 4 is 11.7 Å². The van der Waals surface area contributed by atoms with Crippen LogP contribution in [0.5, 0.6) is 5.75 Å². The van der Waals surface area contributed by atoms with Crippen LogP contribution in [0.25, 0.3) is 0 Å². The van der Waals surface area contributed by atoms with Crippen LogP contribution < -0.4 is 10.1 Å². The molecule has 5 heteroatoms. The van der Waals surface area contributed by atoms with E-state index in [4.69, 9.17) is 4.74 Å². The SMILES string of the molecule is CCC(CC)C1CNc2cn(C)c(C(=O)O)c2O1. The summed E-state index contributed by atoms with van der Waals surface area (Å²) in [5.74, 6) is -0.0219. The number of carboxylic acids is 1. The van der Waals surface area contributed by atoms with E-state index in [2.05, 4.69) is 19.2 Å². The lowest BCUT2D eigenvalue weighted by atomic mass is 9.95. The fourth-order valence-electron chi connectivity index (χ4n) is 2.58. The summed E-state index contributed by atoms with van der Waals surface area (Å²) in [6, 6.07) is 0. The molecule has 1 unspecified atom stereocenters. The molecule has 0 aromatic carbocycles. The fourth-order valence-corrected chi connectivity index (χ4v) is 2.58. The molecular weight excluding hydrogens is 232 g/mol. The molecule has 0 saturated heterocycles. The predicted molar refractivity (Wildman–Crippen MR) is 69.4 cm³/mol. The molecule has 5 nitrogen and oxygen atoms in total. The van der Waals surface area contributed by atoms with Gasteiger partial charge in [0.25, 0.3) is 0 Å². The zero-order valence-corrected chi connectivity index (χ0v) is 11.1. The number of fused-ring (bicyclic) bond motifs is 1. The Hall–Kier alpha value is -1.65. The number of aromatic carboxylic acids is 1. The van der Waals surface area contributed by atoms with Crippen LogP contribution in [0.3, 0.4) is 0 Å². The second kappa shape index (κ2) is 4.92. The number of hydrogen-bond donors (Lipinski definition) is 2. The second-order valence-electron chi connectivity index (χ2n) is 4.75. The highest BCUT2D eigenvalue weighted by Crippen LogP contribution is 2.36. The van der Waals surface area contributed by atoms with Gasteiger partial charge in [-0.15, -0.1) is 0 Å². The Kier molecular flexibility index (Phi) is 3.50. The van der Waals surface area contributed by atoms with Crippen molar-refractivity contribution in [3.05, 3.63) is 11.9 Å². The Balaban J connectivity index is 2.30. The number of ether oxygens (including phenoxy) is 1. The summed E-state index contributed by atoms with van der Waals surface area (Å²) in [6.07, 6.45) is 3.89. The molecular formula is C13H20N2O3. The van der Waals surface area contributed by atoms with Crippen molar-refractivity contribution in [2.45, 2.75) is 32.8 Å². The van der Waals surface area contributed by atoms with E-state index in [1.165, 1.54) is 0 Å². The van der Waals surface area contributed by atoms with E-state index in [1.54, 1.807) is 17.8 Å². The average Bonchev–Trinajstić information content (AvgIpc) is 2.66. The molecule has 1 aliphatic heterocycles. The molecule has 0 amide bonds. The van der Waals surface area contributed by atoms with Gasteiger partial charge in [-0.25, -0.2) is 4.79 Å². The van der Waals surface area contributed by atoms with Crippen LogP contribution in [0.2, 0.25) is 0 Å². The van der Waals surface area contributed by atoms with Crippen molar-refractivity contribution in [3.63, 3.8) is 0 Å². The third-order valence-corrected chi connectivity index (χ3v) is 3.68. The smallest absolute Gasteiger partial charge is 0.356 e. The van der Waals surface area contributed by atoms with Crippen molar-refractivity contribution in [2.75, 3.05) is 11.9 Å². The number of carbonyl (C=O) groups is 1. The minimum absolute atomic E-state index is 0.0491. The predicted octanol–water partition coefficient (Wildman–Crippen LogP) is 2.33. The van der Waals surface area contributed by atoms with E-state index in [9.17, 15) is 9.90 Å². The first-order valence-corrected chi connectivity index (χ1v) is 6.41. The highest BCUT2D eigenvalue weighted by molar-refractivity contribution is 5.92. The van der Waals surface area contributed by atoms with Crippen LogP contribution in [-0.2, 0) is 7.05 Å². The maximum absolute atomic E-state index is 11.2. The number of aromatic nitrogens is 1. The van der Waals surface area contributed by atoms with Crippen molar-refractivity contribution in [1.29, 1.82) is 0 Å². The monoisotopic (exact) mass is 252 g/mol. The van der Waals surface area contributed by atoms with Crippen LogP contribution in [-0.4, -0.2) is 28.3 Å². The van der Waals surface area contributed by atoms with E-state index in [-0.39, 0.29) is 11.8 Å². The van der Waals surface area contributed by atoms with Crippen LogP contribution in [0.15, 0.2) is 6.20 Å². The van der Waals surface area contributed by atoms with E-state index < -0.39 is 5.97 Å². The van der Waals surface area contributed by atoms with E-state index in [1.807, 2.05) is 0 Å². The van der Waals surface area contributed by atoms with Gasteiger partial charge in [-0.1, -0.05) is 13.8 Å². The molecule has 0 fully saturated rings. The van der Waals surface area contributed by atoms with Gasteiger partial charge in [-0.2, -0.15) is 0 Å². The maximum Gasteiger partial charge on any atom is 0.356 e. The Bertz CT molecular complexity index is 449. The first-order chi connectivity index (χ1) is 8.58. The molecule has 2 rings (SSSR count). The molecule has 0 aliphatic carbocycles. The number of rotatable bonds is 4. The minimum atomic E-state index is -0.953. The largest absolute Gasteiger partial charge is 0.484 e. The van der Waals surface area contributed by atoms with Crippen LogP contribution in [0.4, 0.5) is 5.69 Å². The third kappa shape index (κ3) is 2.05. The molecule has 1 atom stereocenters. The highest BCUT2D eigenvalue weighted by Gasteiger charge is 2.31. The second-order valence-corrected chi connectivity index (χ2v) is 4.75. The summed E-state index contributed by atoms with van der Waals surface area (Å²) in [4.78, 5) is 11.2. The van der Waals surface area contributed by atoms with Crippen molar-refractivity contribution in [2.24, 2.45) is 13.0 Å². The normalized spacial score (nSPS) is 18.1. The van der Waals surface area contributed by atoms with Gasteiger partial charge in [0.15, 0.2) is 11.4 Å². The van der Waals surface area contributed by atoms with Crippen molar-refractivity contribution < 1.29 is 14.6 Å². The summed E-state index contributed by atoms with van der Waals surface area (Å²) in [5, 5.41) is 12.5. The minimum Gasteiger partial charge on any atom is -0.484 e. The molecule has 18 heavy (non-hydrogen) atoms. The van der Waals surface area contributed by atoms with Gasteiger partial charge in [-0.05, 0) is 18.8 Å². The quantitative estimate of drug-likeness (QED) is 0.863. The summed E-state index contributed by atoms with van der Waals surface area (Å²) < 4.78 is 7.52. The van der Waals surface area contributed by atoms with Gasteiger partial charge in [0, 0.05) is 13.2 Å². The number of nitrogens with zero attached hydrogens (tertiary/aromatic N) is 1. The van der Waals surface area contributed by atoms with Gasteiger partial charge < -0.3 is 19.7 Å².